The van der Waals surface area contributed by atoms with Gasteiger partial charge in [-0.2, -0.15) is 0 Å². The number of rotatable bonds is 6. The summed E-state index contributed by atoms with van der Waals surface area (Å²) in [5.74, 6) is -4.53. The number of primary amides is 1. The van der Waals surface area contributed by atoms with Crippen molar-refractivity contribution < 1.29 is 28.3 Å². The molecule has 0 saturated carbocycles. The largest absolute Gasteiger partial charge is 0.480 e. The first-order valence-electron chi connectivity index (χ1n) is 5.84. The smallest absolute Gasteiger partial charge is 0.326 e. The standard InChI is InChI=1S/C12H13F2N3O4/c13-6-2-1-3-7(10(6)14)16-12(21)17-8(11(19)20)4-5-9(15)18/h1-3,8H,4-5H2,(H2,15,18)(H,19,20)(H2,16,17,21). The van der Waals surface area contributed by atoms with Crippen molar-refractivity contribution in [2.45, 2.75) is 18.9 Å². The van der Waals surface area contributed by atoms with Gasteiger partial charge in [0.1, 0.15) is 6.04 Å². The van der Waals surface area contributed by atoms with Crippen LogP contribution in [-0.2, 0) is 9.59 Å². The number of amides is 3. The predicted octanol–water partition coefficient (Wildman–Crippen LogP) is 0.805. The molecule has 1 aromatic carbocycles. The van der Waals surface area contributed by atoms with Gasteiger partial charge in [0.25, 0.3) is 0 Å². The molecule has 0 spiro atoms. The summed E-state index contributed by atoms with van der Waals surface area (Å²) in [5, 5.41) is 12.9. The number of halogens is 2. The average molecular weight is 301 g/mol. The molecule has 0 fully saturated rings. The lowest BCUT2D eigenvalue weighted by Crippen LogP contribution is -2.43. The Kier molecular flexibility index (Phi) is 5.58. The van der Waals surface area contributed by atoms with E-state index in [1.54, 1.807) is 0 Å². The van der Waals surface area contributed by atoms with Gasteiger partial charge in [0, 0.05) is 6.42 Å². The molecule has 5 N–H and O–H groups in total. The maximum absolute atomic E-state index is 13.3. The molecule has 3 amide bonds. The van der Waals surface area contributed by atoms with Crippen LogP contribution in [-0.4, -0.2) is 29.1 Å². The number of nitrogens with one attached hydrogen (secondary N) is 2. The number of aliphatic carboxylic acids is 1. The van der Waals surface area contributed by atoms with Gasteiger partial charge in [0.2, 0.25) is 5.91 Å². The van der Waals surface area contributed by atoms with E-state index in [-0.39, 0.29) is 12.8 Å². The first-order chi connectivity index (χ1) is 9.81. The lowest BCUT2D eigenvalue weighted by atomic mass is 10.1. The Morgan fingerprint density at radius 3 is 2.52 bits per heavy atom. The summed E-state index contributed by atoms with van der Waals surface area (Å²) in [4.78, 5) is 33.0. The van der Waals surface area contributed by atoms with E-state index in [2.05, 4.69) is 0 Å². The van der Waals surface area contributed by atoms with E-state index < -0.39 is 41.3 Å². The number of anilines is 1. The lowest BCUT2D eigenvalue weighted by Gasteiger charge is -2.14. The van der Waals surface area contributed by atoms with E-state index in [0.717, 1.165) is 12.1 Å². The van der Waals surface area contributed by atoms with Gasteiger partial charge in [0.05, 0.1) is 5.69 Å². The third-order valence-corrected chi connectivity index (χ3v) is 2.48. The SMILES string of the molecule is NC(=O)CCC(NC(=O)Nc1cccc(F)c1F)C(=O)O. The molecule has 0 aliphatic carbocycles. The summed E-state index contributed by atoms with van der Waals surface area (Å²) in [6.45, 7) is 0. The summed E-state index contributed by atoms with van der Waals surface area (Å²) >= 11 is 0. The van der Waals surface area contributed by atoms with E-state index in [1.807, 2.05) is 10.6 Å². The molecule has 0 aliphatic rings. The molecule has 114 valence electrons. The highest BCUT2D eigenvalue weighted by atomic mass is 19.2. The number of carbonyl (C=O) groups excluding carboxylic acids is 2. The molecule has 0 radical (unpaired) electrons. The van der Waals surface area contributed by atoms with Crippen molar-refractivity contribution in [2.24, 2.45) is 5.73 Å². The fraction of sp³-hybridized carbons (Fsp3) is 0.250. The van der Waals surface area contributed by atoms with E-state index in [9.17, 15) is 23.2 Å². The molecule has 0 aromatic heterocycles. The Bertz CT molecular complexity index is 565. The van der Waals surface area contributed by atoms with Crippen LogP contribution in [0.4, 0.5) is 19.3 Å². The summed E-state index contributed by atoms with van der Waals surface area (Å²) in [5.41, 5.74) is 4.44. The molecule has 1 rings (SSSR count). The minimum absolute atomic E-state index is 0.219. The zero-order valence-electron chi connectivity index (χ0n) is 10.7. The first kappa shape index (κ1) is 16.3. The number of carbonyl (C=O) groups is 3. The molecule has 1 atom stereocenters. The van der Waals surface area contributed by atoms with Crippen LogP contribution >= 0.6 is 0 Å². The fourth-order valence-electron chi connectivity index (χ4n) is 1.46. The van der Waals surface area contributed by atoms with Gasteiger partial charge in [-0.25, -0.2) is 18.4 Å². The van der Waals surface area contributed by atoms with Crippen molar-refractivity contribution in [3.05, 3.63) is 29.8 Å². The second-order valence-electron chi connectivity index (χ2n) is 4.10. The molecule has 21 heavy (non-hydrogen) atoms. The van der Waals surface area contributed by atoms with Gasteiger partial charge >= 0.3 is 12.0 Å². The summed E-state index contributed by atoms with van der Waals surface area (Å²) in [7, 11) is 0. The Balaban J connectivity index is 2.67. The number of benzene rings is 1. The second-order valence-corrected chi connectivity index (χ2v) is 4.10. The van der Waals surface area contributed by atoms with Gasteiger partial charge in [0.15, 0.2) is 11.6 Å². The molecule has 9 heteroatoms. The maximum Gasteiger partial charge on any atom is 0.326 e. The van der Waals surface area contributed by atoms with Crippen molar-refractivity contribution >= 4 is 23.6 Å². The van der Waals surface area contributed by atoms with Crippen LogP contribution in [0.5, 0.6) is 0 Å². The molecular weight excluding hydrogens is 288 g/mol. The molecular formula is C12H13F2N3O4. The predicted molar refractivity (Wildman–Crippen MR) is 68.4 cm³/mol. The van der Waals surface area contributed by atoms with Crippen LogP contribution in [0.15, 0.2) is 18.2 Å². The van der Waals surface area contributed by atoms with Gasteiger partial charge in [-0.15, -0.1) is 0 Å². The van der Waals surface area contributed by atoms with Crippen molar-refractivity contribution in [1.29, 1.82) is 0 Å². The molecule has 0 heterocycles. The maximum atomic E-state index is 13.3. The van der Waals surface area contributed by atoms with Crippen molar-refractivity contribution in [3.63, 3.8) is 0 Å². The second kappa shape index (κ2) is 7.17. The third kappa shape index (κ3) is 5.05. The van der Waals surface area contributed by atoms with Crippen LogP contribution in [0.2, 0.25) is 0 Å². The Labute approximate surface area is 118 Å². The first-order valence-corrected chi connectivity index (χ1v) is 5.84. The number of carboxylic acid groups (broad SMARTS) is 1. The van der Waals surface area contributed by atoms with E-state index in [4.69, 9.17) is 10.8 Å². The Hall–Kier alpha value is -2.71. The van der Waals surface area contributed by atoms with Gasteiger partial charge in [-0.1, -0.05) is 6.07 Å². The molecule has 0 aliphatic heterocycles. The molecule has 0 saturated heterocycles. The zero-order chi connectivity index (χ0) is 16.0. The van der Waals surface area contributed by atoms with E-state index in [0.29, 0.717) is 0 Å². The third-order valence-electron chi connectivity index (χ3n) is 2.48. The summed E-state index contributed by atoms with van der Waals surface area (Å²) in [6, 6.07) is 0.726. The molecule has 7 nitrogen and oxygen atoms in total. The molecule has 1 aromatic rings. The number of hydrogen-bond donors (Lipinski definition) is 4. The number of hydrogen-bond acceptors (Lipinski definition) is 3. The zero-order valence-corrected chi connectivity index (χ0v) is 10.7. The number of nitrogens with two attached hydrogens (primary N) is 1. The van der Waals surface area contributed by atoms with Crippen molar-refractivity contribution in [2.75, 3.05) is 5.32 Å². The quantitative estimate of drug-likeness (QED) is 0.621. The van der Waals surface area contributed by atoms with E-state index >= 15 is 0 Å². The highest BCUT2D eigenvalue weighted by Crippen LogP contribution is 2.16. The normalized spacial score (nSPS) is 11.5. The van der Waals surface area contributed by atoms with Crippen LogP contribution in [0, 0.1) is 11.6 Å². The van der Waals surface area contributed by atoms with Crippen molar-refractivity contribution in [3.8, 4) is 0 Å². The highest BCUT2D eigenvalue weighted by molar-refractivity contribution is 5.92. The fourth-order valence-corrected chi connectivity index (χ4v) is 1.46. The van der Waals surface area contributed by atoms with Crippen LogP contribution in [0.3, 0.4) is 0 Å². The molecule has 0 bridgehead atoms. The highest BCUT2D eigenvalue weighted by Gasteiger charge is 2.21. The topological polar surface area (TPSA) is 122 Å². The van der Waals surface area contributed by atoms with Crippen molar-refractivity contribution in [1.82, 2.24) is 5.32 Å². The minimum atomic E-state index is -1.38. The van der Waals surface area contributed by atoms with Crippen LogP contribution in [0.1, 0.15) is 12.8 Å². The Morgan fingerprint density at radius 1 is 1.29 bits per heavy atom. The van der Waals surface area contributed by atoms with Crippen LogP contribution in [0.25, 0.3) is 0 Å². The number of carboxylic acids is 1. The lowest BCUT2D eigenvalue weighted by molar-refractivity contribution is -0.139. The van der Waals surface area contributed by atoms with Gasteiger partial charge < -0.3 is 21.5 Å². The summed E-state index contributed by atoms with van der Waals surface area (Å²) < 4.78 is 26.3. The van der Waals surface area contributed by atoms with Gasteiger partial charge in [-0.3, -0.25) is 4.79 Å². The monoisotopic (exact) mass is 301 g/mol. The Morgan fingerprint density at radius 2 is 1.95 bits per heavy atom. The van der Waals surface area contributed by atoms with Gasteiger partial charge in [-0.05, 0) is 18.6 Å². The summed E-state index contributed by atoms with van der Waals surface area (Å²) in [6.07, 6.45) is -0.463. The molecule has 1 unspecified atom stereocenters. The number of urea groups is 1. The average Bonchev–Trinajstić information content (AvgIpc) is 2.39. The minimum Gasteiger partial charge on any atom is -0.480 e. The van der Waals surface area contributed by atoms with E-state index in [1.165, 1.54) is 6.07 Å². The van der Waals surface area contributed by atoms with Crippen LogP contribution < -0.4 is 16.4 Å².